The lowest BCUT2D eigenvalue weighted by molar-refractivity contribution is -0.152. The van der Waals surface area contributed by atoms with Gasteiger partial charge in [0.05, 0.1) is 10.8 Å². The predicted molar refractivity (Wildman–Crippen MR) is 76.1 cm³/mol. The standard InChI is InChI=1S/C15H26N2O3/c1-11(2)15(13(19)20)7-8-17(10-15)12(18)14(9-16)5-3-4-6-14/h11H,3-10,16H2,1-2H3,(H,19,20). The molecule has 1 unspecified atom stereocenters. The topological polar surface area (TPSA) is 83.6 Å². The minimum absolute atomic E-state index is 0.0233. The van der Waals surface area contributed by atoms with E-state index in [1.165, 1.54) is 0 Å². The maximum absolute atomic E-state index is 12.8. The molecule has 1 aliphatic carbocycles. The molecule has 0 aromatic carbocycles. The van der Waals surface area contributed by atoms with Crippen LogP contribution in [0.15, 0.2) is 0 Å². The first-order chi connectivity index (χ1) is 9.38. The van der Waals surface area contributed by atoms with Crippen LogP contribution in [0, 0.1) is 16.7 Å². The molecule has 0 spiro atoms. The lowest BCUT2D eigenvalue weighted by Crippen LogP contribution is -2.48. The number of nitrogens with two attached hydrogens (primary N) is 1. The van der Waals surface area contributed by atoms with Crippen LogP contribution in [0.5, 0.6) is 0 Å². The molecule has 5 nitrogen and oxygen atoms in total. The summed E-state index contributed by atoms with van der Waals surface area (Å²) < 4.78 is 0. The summed E-state index contributed by atoms with van der Waals surface area (Å²) in [4.78, 5) is 26.2. The summed E-state index contributed by atoms with van der Waals surface area (Å²) in [6.45, 7) is 5.11. The molecule has 1 aliphatic heterocycles. The zero-order valence-corrected chi connectivity index (χ0v) is 12.5. The number of carbonyl (C=O) groups excluding carboxylic acids is 1. The van der Waals surface area contributed by atoms with Crippen LogP contribution in [0.2, 0.25) is 0 Å². The highest BCUT2D eigenvalue weighted by atomic mass is 16.4. The highest BCUT2D eigenvalue weighted by molar-refractivity contribution is 5.85. The van der Waals surface area contributed by atoms with Gasteiger partial charge in [0.15, 0.2) is 0 Å². The molecular weight excluding hydrogens is 256 g/mol. The largest absolute Gasteiger partial charge is 0.481 e. The number of aliphatic carboxylic acids is 1. The number of carboxylic acids is 1. The highest BCUT2D eigenvalue weighted by Gasteiger charge is 2.51. The normalized spacial score (nSPS) is 29.1. The average molecular weight is 282 g/mol. The van der Waals surface area contributed by atoms with Crippen LogP contribution < -0.4 is 5.73 Å². The van der Waals surface area contributed by atoms with Gasteiger partial charge in [-0.3, -0.25) is 9.59 Å². The van der Waals surface area contributed by atoms with Gasteiger partial charge in [-0.25, -0.2) is 0 Å². The summed E-state index contributed by atoms with van der Waals surface area (Å²) in [5.74, 6) is -0.674. The van der Waals surface area contributed by atoms with Crippen LogP contribution in [0.25, 0.3) is 0 Å². The van der Waals surface area contributed by atoms with Crippen LogP contribution in [0.1, 0.15) is 46.0 Å². The molecule has 20 heavy (non-hydrogen) atoms. The van der Waals surface area contributed by atoms with E-state index in [2.05, 4.69) is 0 Å². The van der Waals surface area contributed by atoms with Crippen LogP contribution in [-0.2, 0) is 9.59 Å². The molecule has 0 aromatic heterocycles. The molecule has 0 radical (unpaired) electrons. The first-order valence-corrected chi connectivity index (χ1v) is 7.61. The number of likely N-dealkylation sites (tertiary alicyclic amines) is 1. The van der Waals surface area contributed by atoms with Gasteiger partial charge in [-0.15, -0.1) is 0 Å². The highest BCUT2D eigenvalue weighted by Crippen LogP contribution is 2.43. The number of nitrogens with zero attached hydrogens (tertiary/aromatic N) is 1. The molecule has 2 fully saturated rings. The molecular formula is C15H26N2O3. The first-order valence-electron chi connectivity index (χ1n) is 7.61. The minimum Gasteiger partial charge on any atom is -0.481 e. The van der Waals surface area contributed by atoms with Crippen LogP contribution >= 0.6 is 0 Å². The van der Waals surface area contributed by atoms with Crippen molar-refractivity contribution in [3.8, 4) is 0 Å². The summed E-state index contributed by atoms with van der Waals surface area (Å²) in [7, 11) is 0. The van der Waals surface area contributed by atoms with E-state index in [-0.39, 0.29) is 11.8 Å². The maximum atomic E-state index is 12.8. The van der Waals surface area contributed by atoms with Crippen molar-refractivity contribution in [2.75, 3.05) is 19.6 Å². The van der Waals surface area contributed by atoms with Gasteiger partial charge in [0.25, 0.3) is 0 Å². The first kappa shape index (κ1) is 15.3. The second-order valence-electron chi connectivity index (χ2n) is 6.78. The van der Waals surface area contributed by atoms with Gasteiger partial charge in [-0.05, 0) is 25.2 Å². The molecule has 3 N–H and O–H groups in total. The monoisotopic (exact) mass is 282 g/mol. The Morgan fingerprint density at radius 2 is 1.85 bits per heavy atom. The quantitative estimate of drug-likeness (QED) is 0.817. The van der Waals surface area contributed by atoms with Crippen molar-refractivity contribution in [2.24, 2.45) is 22.5 Å². The van der Waals surface area contributed by atoms with E-state index in [0.717, 1.165) is 25.7 Å². The number of carbonyl (C=O) groups is 2. The van der Waals surface area contributed by atoms with Gasteiger partial charge < -0.3 is 15.7 Å². The Balaban J connectivity index is 2.16. The Morgan fingerprint density at radius 3 is 2.25 bits per heavy atom. The molecule has 1 heterocycles. The molecule has 2 aliphatic rings. The van der Waals surface area contributed by atoms with Crippen LogP contribution in [-0.4, -0.2) is 41.5 Å². The SMILES string of the molecule is CC(C)C1(C(=O)O)CCN(C(=O)C2(CN)CCCC2)C1. The van der Waals surface area contributed by atoms with Crippen molar-refractivity contribution in [2.45, 2.75) is 46.0 Å². The van der Waals surface area contributed by atoms with Crippen molar-refractivity contribution in [3.05, 3.63) is 0 Å². The zero-order valence-electron chi connectivity index (χ0n) is 12.5. The van der Waals surface area contributed by atoms with E-state index in [4.69, 9.17) is 5.73 Å². The lowest BCUT2D eigenvalue weighted by atomic mass is 9.76. The minimum atomic E-state index is -0.788. The number of carboxylic acid groups (broad SMARTS) is 1. The van der Waals surface area contributed by atoms with Crippen LogP contribution in [0.3, 0.4) is 0 Å². The van der Waals surface area contributed by atoms with E-state index >= 15 is 0 Å². The van der Waals surface area contributed by atoms with Crippen molar-refractivity contribution in [1.29, 1.82) is 0 Å². The fraction of sp³-hybridized carbons (Fsp3) is 0.867. The van der Waals surface area contributed by atoms with E-state index in [1.54, 1.807) is 4.90 Å². The second kappa shape index (κ2) is 5.35. The Hall–Kier alpha value is -1.10. The third-order valence-corrected chi connectivity index (χ3v) is 5.52. The van der Waals surface area contributed by atoms with Crippen molar-refractivity contribution < 1.29 is 14.7 Å². The molecule has 5 heteroatoms. The van der Waals surface area contributed by atoms with Crippen molar-refractivity contribution in [1.82, 2.24) is 4.90 Å². The summed E-state index contributed by atoms with van der Waals surface area (Å²) in [6.07, 6.45) is 4.34. The summed E-state index contributed by atoms with van der Waals surface area (Å²) >= 11 is 0. The number of amides is 1. The smallest absolute Gasteiger partial charge is 0.311 e. The Labute approximate surface area is 120 Å². The lowest BCUT2D eigenvalue weighted by Gasteiger charge is -2.33. The summed E-state index contributed by atoms with van der Waals surface area (Å²) in [5, 5.41) is 9.56. The molecule has 1 saturated carbocycles. The van der Waals surface area contributed by atoms with E-state index < -0.39 is 16.8 Å². The zero-order chi connectivity index (χ0) is 15.0. The van der Waals surface area contributed by atoms with E-state index in [9.17, 15) is 14.7 Å². The number of rotatable bonds is 4. The van der Waals surface area contributed by atoms with Crippen LogP contribution in [0.4, 0.5) is 0 Å². The molecule has 2 rings (SSSR count). The molecule has 1 saturated heterocycles. The molecule has 114 valence electrons. The molecule has 0 aromatic rings. The predicted octanol–water partition coefficient (Wildman–Crippen LogP) is 1.46. The fourth-order valence-corrected chi connectivity index (χ4v) is 3.79. The fourth-order valence-electron chi connectivity index (χ4n) is 3.79. The molecule has 1 atom stereocenters. The Kier molecular flexibility index (Phi) is 4.09. The molecule has 0 bridgehead atoms. The van der Waals surface area contributed by atoms with Gasteiger partial charge in [0.2, 0.25) is 5.91 Å². The van der Waals surface area contributed by atoms with Crippen molar-refractivity contribution in [3.63, 3.8) is 0 Å². The van der Waals surface area contributed by atoms with E-state index in [1.807, 2.05) is 13.8 Å². The van der Waals surface area contributed by atoms with Gasteiger partial charge in [-0.1, -0.05) is 26.7 Å². The van der Waals surface area contributed by atoms with Crippen molar-refractivity contribution >= 4 is 11.9 Å². The second-order valence-corrected chi connectivity index (χ2v) is 6.78. The number of hydrogen-bond donors (Lipinski definition) is 2. The third-order valence-electron chi connectivity index (χ3n) is 5.52. The average Bonchev–Trinajstić information content (AvgIpc) is 3.06. The van der Waals surface area contributed by atoms with Gasteiger partial charge in [0, 0.05) is 19.6 Å². The summed E-state index contributed by atoms with van der Waals surface area (Å²) in [6, 6.07) is 0. The molecule has 1 amide bonds. The maximum Gasteiger partial charge on any atom is 0.311 e. The Bertz CT molecular complexity index is 402. The van der Waals surface area contributed by atoms with E-state index in [0.29, 0.717) is 26.1 Å². The van der Waals surface area contributed by atoms with Gasteiger partial charge in [0.1, 0.15) is 0 Å². The number of hydrogen-bond acceptors (Lipinski definition) is 3. The van der Waals surface area contributed by atoms with Gasteiger partial charge >= 0.3 is 5.97 Å². The summed E-state index contributed by atoms with van der Waals surface area (Å²) in [5.41, 5.74) is 4.65. The van der Waals surface area contributed by atoms with Gasteiger partial charge in [-0.2, -0.15) is 0 Å². The Morgan fingerprint density at radius 1 is 1.25 bits per heavy atom. The third kappa shape index (κ3) is 2.22.